The van der Waals surface area contributed by atoms with E-state index in [2.05, 4.69) is 30.9 Å². The minimum absolute atomic E-state index is 0.448. The molecule has 16 heavy (non-hydrogen) atoms. The van der Waals surface area contributed by atoms with Gasteiger partial charge in [0.15, 0.2) is 0 Å². The number of hydrogen-bond acceptors (Lipinski definition) is 3. The maximum absolute atomic E-state index is 5.60. The molecule has 0 spiro atoms. The van der Waals surface area contributed by atoms with Crippen molar-refractivity contribution in [3.05, 3.63) is 0 Å². The summed E-state index contributed by atoms with van der Waals surface area (Å²) >= 11 is 2.06. The first-order chi connectivity index (χ1) is 7.83. The molecule has 0 amide bonds. The van der Waals surface area contributed by atoms with Crippen molar-refractivity contribution in [2.45, 2.75) is 39.5 Å². The van der Waals surface area contributed by atoms with Gasteiger partial charge in [0.05, 0.1) is 6.61 Å². The van der Waals surface area contributed by atoms with E-state index >= 15 is 0 Å². The van der Waals surface area contributed by atoms with Crippen molar-refractivity contribution in [2.24, 2.45) is 5.41 Å². The third-order valence-corrected chi connectivity index (χ3v) is 4.30. The highest BCUT2D eigenvalue weighted by molar-refractivity contribution is 7.99. The Morgan fingerprint density at radius 1 is 1.38 bits per heavy atom. The molecule has 1 rings (SSSR count). The lowest BCUT2D eigenvalue weighted by Gasteiger charge is -2.27. The van der Waals surface area contributed by atoms with Crippen LogP contribution in [0.3, 0.4) is 0 Å². The molecular weight excluding hydrogens is 218 g/mol. The Morgan fingerprint density at radius 2 is 2.25 bits per heavy atom. The molecule has 96 valence electrons. The number of thioether (sulfide) groups is 1. The smallest absolute Gasteiger partial charge is 0.0535 e. The van der Waals surface area contributed by atoms with E-state index in [0.717, 1.165) is 26.3 Å². The van der Waals surface area contributed by atoms with Crippen LogP contribution in [-0.2, 0) is 4.74 Å². The largest absolute Gasteiger partial charge is 0.381 e. The summed E-state index contributed by atoms with van der Waals surface area (Å²) in [5.74, 6) is 2.56. The second-order valence-corrected chi connectivity index (χ2v) is 6.17. The number of hydrogen-bond donors (Lipinski definition) is 1. The van der Waals surface area contributed by atoms with Gasteiger partial charge in [-0.3, -0.25) is 0 Å². The van der Waals surface area contributed by atoms with Crippen LogP contribution in [0.2, 0.25) is 0 Å². The van der Waals surface area contributed by atoms with Gasteiger partial charge in [0.1, 0.15) is 0 Å². The summed E-state index contributed by atoms with van der Waals surface area (Å²) in [7, 11) is 0. The fourth-order valence-electron chi connectivity index (χ4n) is 2.30. The van der Waals surface area contributed by atoms with Crippen LogP contribution in [0.25, 0.3) is 0 Å². The maximum Gasteiger partial charge on any atom is 0.0535 e. The van der Waals surface area contributed by atoms with Crippen molar-refractivity contribution in [1.82, 2.24) is 5.32 Å². The van der Waals surface area contributed by atoms with E-state index in [-0.39, 0.29) is 0 Å². The topological polar surface area (TPSA) is 21.3 Å². The average molecular weight is 245 g/mol. The van der Waals surface area contributed by atoms with Gasteiger partial charge in [-0.2, -0.15) is 11.8 Å². The minimum Gasteiger partial charge on any atom is -0.381 e. The average Bonchev–Trinajstić information content (AvgIpc) is 2.74. The maximum atomic E-state index is 5.60. The first-order valence-electron chi connectivity index (χ1n) is 6.69. The Morgan fingerprint density at radius 3 is 2.88 bits per heavy atom. The molecule has 1 fully saturated rings. The Balaban J connectivity index is 2.22. The predicted molar refractivity (Wildman–Crippen MR) is 73.3 cm³/mol. The highest BCUT2D eigenvalue weighted by atomic mass is 32.2. The lowest BCUT2D eigenvalue weighted by Crippen LogP contribution is -2.35. The summed E-state index contributed by atoms with van der Waals surface area (Å²) in [6, 6.07) is 0. The monoisotopic (exact) mass is 245 g/mol. The molecule has 0 saturated carbocycles. The molecule has 1 unspecified atom stereocenters. The fraction of sp³-hybridized carbons (Fsp3) is 1.00. The number of ether oxygens (including phenoxy) is 1. The third-order valence-electron chi connectivity index (χ3n) is 3.31. The van der Waals surface area contributed by atoms with Gasteiger partial charge in [-0.1, -0.05) is 13.8 Å². The van der Waals surface area contributed by atoms with Crippen molar-refractivity contribution < 1.29 is 4.74 Å². The van der Waals surface area contributed by atoms with Gasteiger partial charge in [0, 0.05) is 18.6 Å². The van der Waals surface area contributed by atoms with Crippen LogP contribution in [-0.4, -0.2) is 37.8 Å². The van der Waals surface area contributed by atoms with E-state index in [1.54, 1.807) is 0 Å². The standard InChI is InChI=1S/C13H27NOS/c1-3-8-14-11-13(7-9-15-12-13)6-5-10-16-4-2/h14H,3-12H2,1-2H3. The summed E-state index contributed by atoms with van der Waals surface area (Å²) in [5.41, 5.74) is 0.448. The highest BCUT2D eigenvalue weighted by Crippen LogP contribution is 2.33. The number of nitrogens with one attached hydrogen (secondary N) is 1. The summed E-state index contributed by atoms with van der Waals surface area (Å²) in [4.78, 5) is 0. The molecule has 0 bridgehead atoms. The van der Waals surface area contributed by atoms with E-state index in [9.17, 15) is 0 Å². The second kappa shape index (κ2) is 8.37. The summed E-state index contributed by atoms with van der Waals surface area (Å²) in [6.45, 7) is 8.70. The minimum atomic E-state index is 0.448. The predicted octanol–water partition coefficient (Wildman–Crippen LogP) is 2.93. The molecule has 0 aliphatic carbocycles. The zero-order valence-electron chi connectivity index (χ0n) is 10.9. The molecule has 3 heteroatoms. The molecule has 1 saturated heterocycles. The Kier molecular flexibility index (Phi) is 7.50. The van der Waals surface area contributed by atoms with Crippen molar-refractivity contribution in [2.75, 3.05) is 37.8 Å². The van der Waals surface area contributed by atoms with Gasteiger partial charge < -0.3 is 10.1 Å². The highest BCUT2D eigenvalue weighted by Gasteiger charge is 2.33. The third kappa shape index (κ3) is 5.07. The van der Waals surface area contributed by atoms with Crippen molar-refractivity contribution in [3.8, 4) is 0 Å². The van der Waals surface area contributed by atoms with E-state index in [1.165, 1.54) is 37.2 Å². The molecule has 0 aromatic rings. The zero-order valence-corrected chi connectivity index (χ0v) is 11.7. The molecule has 1 aliphatic rings. The molecule has 0 aromatic heterocycles. The van der Waals surface area contributed by atoms with Gasteiger partial charge in [0.2, 0.25) is 0 Å². The quantitative estimate of drug-likeness (QED) is 0.631. The van der Waals surface area contributed by atoms with Crippen LogP contribution >= 0.6 is 11.8 Å². The molecular formula is C13H27NOS. The summed E-state index contributed by atoms with van der Waals surface area (Å²) in [6.07, 6.45) is 5.15. The van der Waals surface area contributed by atoms with Gasteiger partial charge in [-0.25, -0.2) is 0 Å². The van der Waals surface area contributed by atoms with Crippen LogP contribution in [0, 0.1) is 5.41 Å². The molecule has 1 aliphatic heterocycles. The lowest BCUT2D eigenvalue weighted by molar-refractivity contribution is 0.143. The van der Waals surface area contributed by atoms with Crippen LogP contribution in [0.4, 0.5) is 0 Å². The van der Waals surface area contributed by atoms with Crippen LogP contribution in [0.15, 0.2) is 0 Å². The van der Waals surface area contributed by atoms with Gasteiger partial charge in [-0.05, 0) is 43.7 Å². The zero-order chi connectivity index (χ0) is 11.7. The van der Waals surface area contributed by atoms with Crippen LogP contribution < -0.4 is 5.32 Å². The molecule has 1 heterocycles. The normalized spacial score (nSPS) is 25.1. The summed E-state index contributed by atoms with van der Waals surface area (Å²) < 4.78 is 5.60. The summed E-state index contributed by atoms with van der Waals surface area (Å²) in [5, 5.41) is 3.57. The Labute approximate surface area is 105 Å². The first kappa shape index (κ1) is 14.3. The number of rotatable bonds is 9. The van der Waals surface area contributed by atoms with Crippen LogP contribution in [0.5, 0.6) is 0 Å². The Hall–Kier alpha value is 0.270. The van der Waals surface area contributed by atoms with Gasteiger partial charge in [0.25, 0.3) is 0 Å². The molecule has 1 N–H and O–H groups in total. The van der Waals surface area contributed by atoms with E-state index in [4.69, 9.17) is 4.74 Å². The van der Waals surface area contributed by atoms with E-state index < -0.39 is 0 Å². The lowest BCUT2D eigenvalue weighted by atomic mass is 9.82. The van der Waals surface area contributed by atoms with Crippen LogP contribution in [0.1, 0.15) is 39.5 Å². The molecule has 2 nitrogen and oxygen atoms in total. The van der Waals surface area contributed by atoms with Gasteiger partial charge in [-0.15, -0.1) is 0 Å². The second-order valence-electron chi connectivity index (χ2n) is 4.78. The first-order valence-corrected chi connectivity index (χ1v) is 7.84. The Bertz CT molecular complexity index is 169. The van der Waals surface area contributed by atoms with Gasteiger partial charge >= 0.3 is 0 Å². The van der Waals surface area contributed by atoms with E-state index in [0.29, 0.717) is 5.41 Å². The molecule has 1 atom stereocenters. The molecule has 0 radical (unpaired) electrons. The molecule has 0 aromatic carbocycles. The van der Waals surface area contributed by atoms with Crippen molar-refractivity contribution >= 4 is 11.8 Å². The fourth-order valence-corrected chi connectivity index (χ4v) is 2.94. The van der Waals surface area contributed by atoms with Crippen molar-refractivity contribution in [3.63, 3.8) is 0 Å². The van der Waals surface area contributed by atoms with Crippen molar-refractivity contribution in [1.29, 1.82) is 0 Å². The SMILES string of the molecule is CCCNCC1(CCCSCC)CCOC1. The van der Waals surface area contributed by atoms with E-state index in [1.807, 2.05) is 0 Å².